The second kappa shape index (κ2) is 6.47. The van der Waals surface area contributed by atoms with Crippen LogP contribution in [0.3, 0.4) is 0 Å². The molecule has 0 aliphatic carbocycles. The third-order valence-corrected chi connectivity index (χ3v) is 3.17. The minimum Gasteiger partial charge on any atom is -0.386 e. The summed E-state index contributed by atoms with van der Waals surface area (Å²) in [5, 5.41) is 10.3. The van der Waals surface area contributed by atoms with Gasteiger partial charge in [-0.2, -0.15) is 0 Å². The molecule has 1 fully saturated rings. The van der Waals surface area contributed by atoms with Gasteiger partial charge in [-0.3, -0.25) is 5.41 Å². The number of nitrogens with one attached hydrogen (secondary N) is 2. The predicted octanol–water partition coefficient (Wildman–Crippen LogP) is 1.53. The van der Waals surface area contributed by atoms with Gasteiger partial charge in [0.05, 0.1) is 6.04 Å². The topological polar surface area (TPSA) is 82.2 Å². The van der Waals surface area contributed by atoms with Crippen molar-refractivity contribution in [3.63, 3.8) is 0 Å². The zero-order valence-corrected chi connectivity index (χ0v) is 10.8. The molecule has 4 N–H and O–H groups in total. The molecule has 17 heavy (non-hydrogen) atoms. The van der Waals surface area contributed by atoms with Gasteiger partial charge >= 0.3 is 6.03 Å². The number of amidine groups is 1. The van der Waals surface area contributed by atoms with Gasteiger partial charge in [0, 0.05) is 13.1 Å². The highest BCUT2D eigenvalue weighted by molar-refractivity contribution is 5.87. The van der Waals surface area contributed by atoms with Crippen molar-refractivity contribution in [1.29, 1.82) is 5.41 Å². The Bertz CT molecular complexity index is 270. The first-order chi connectivity index (χ1) is 8.02. The molecule has 0 aromatic rings. The van der Waals surface area contributed by atoms with E-state index in [1.165, 1.54) is 12.8 Å². The molecule has 2 amide bonds. The highest BCUT2D eigenvalue weighted by atomic mass is 16.2. The molecule has 1 heterocycles. The molecule has 0 aromatic carbocycles. The highest BCUT2D eigenvalue weighted by Gasteiger charge is 2.22. The lowest BCUT2D eigenvalue weighted by atomic mass is 10.0. The van der Waals surface area contributed by atoms with Crippen LogP contribution in [0.15, 0.2) is 0 Å². The molecule has 5 heteroatoms. The minimum absolute atomic E-state index is 0.0307. The fourth-order valence-electron chi connectivity index (χ4n) is 2.10. The van der Waals surface area contributed by atoms with Crippen molar-refractivity contribution in [2.75, 3.05) is 13.1 Å². The maximum absolute atomic E-state index is 12.0. The van der Waals surface area contributed by atoms with Crippen LogP contribution in [-0.2, 0) is 0 Å². The van der Waals surface area contributed by atoms with E-state index in [-0.39, 0.29) is 23.8 Å². The zero-order chi connectivity index (χ0) is 12.8. The largest absolute Gasteiger partial charge is 0.386 e. The molecule has 0 spiro atoms. The lowest BCUT2D eigenvalue weighted by Crippen LogP contribution is -2.52. The summed E-state index contributed by atoms with van der Waals surface area (Å²) in [6.07, 6.45) is 4.54. The van der Waals surface area contributed by atoms with Crippen LogP contribution in [0.1, 0.15) is 39.5 Å². The summed E-state index contributed by atoms with van der Waals surface area (Å²) in [5.41, 5.74) is 5.50. The molecule has 0 aromatic heterocycles. The van der Waals surface area contributed by atoms with Crippen LogP contribution in [0.2, 0.25) is 0 Å². The molecule has 98 valence electrons. The fraction of sp³-hybridized carbons (Fsp3) is 0.833. The van der Waals surface area contributed by atoms with Gasteiger partial charge in [-0.15, -0.1) is 0 Å². The van der Waals surface area contributed by atoms with Crippen molar-refractivity contribution in [3.8, 4) is 0 Å². The standard InChI is InChI=1S/C12H24N4O/c1-9(2)10(11(13)14)15-12(17)16-7-5-3-4-6-8-16/h9-10H,3-8H2,1-2H3,(H3,13,14)(H,15,17). The molecule has 0 saturated carbocycles. The Balaban J connectivity index is 2.53. The Morgan fingerprint density at radius 1 is 1.24 bits per heavy atom. The van der Waals surface area contributed by atoms with Crippen molar-refractivity contribution < 1.29 is 4.79 Å². The average Bonchev–Trinajstić information content (AvgIpc) is 2.52. The van der Waals surface area contributed by atoms with E-state index in [4.69, 9.17) is 11.1 Å². The number of carbonyl (C=O) groups is 1. The number of urea groups is 1. The number of hydrogen-bond acceptors (Lipinski definition) is 2. The van der Waals surface area contributed by atoms with E-state index >= 15 is 0 Å². The zero-order valence-electron chi connectivity index (χ0n) is 10.8. The highest BCUT2D eigenvalue weighted by Crippen LogP contribution is 2.10. The third-order valence-electron chi connectivity index (χ3n) is 3.17. The van der Waals surface area contributed by atoms with Gasteiger partial charge in [0.2, 0.25) is 0 Å². The van der Waals surface area contributed by atoms with E-state index in [0.29, 0.717) is 0 Å². The van der Waals surface area contributed by atoms with E-state index in [1.54, 1.807) is 0 Å². The summed E-state index contributed by atoms with van der Waals surface area (Å²) in [6, 6.07) is -0.438. The summed E-state index contributed by atoms with van der Waals surface area (Å²) < 4.78 is 0. The van der Waals surface area contributed by atoms with Gasteiger partial charge < -0.3 is 16.0 Å². The number of rotatable bonds is 3. The number of nitrogens with two attached hydrogens (primary N) is 1. The van der Waals surface area contributed by atoms with Gasteiger partial charge in [-0.1, -0.05) is 26.7 Å². The molecule has 1 aliphatic heterocycles. The maximum Gasteiger partial charge on any atom is 0.317 e. The van der Waals surface area contributed by atoms with Crippen LogP contribution >= 0.6 is 0 Å². The molecule has 0 radical (unpaired) electrons. The number of nitrogens with zero attached hydrogens (tertiary/aromatic N) is 1. The van der Waals surface area contributed by atoms with Crippen molar-refractivity contribution in [3.05, 3.63) is 0 Å². The lowest BCUT2D eigenvalue weighted by Gasteiger charge is -2.26. The lowest BCUT2D eigenvalue weighted by molar-refractivity contribution is 0.196. The molecule has 1 aliphatic rings. The Kier molecular flexibility index (Phi) is 5.25. The SMILES string of the molecule is CC(C)C(NC(=O)N1CCCCCC1)C(=N)N. The quantitative estimate of drug-likeness (QED) is 0.516. The van der Waals surface area contributed by atoms with Crippen molar-refractivity contribution in [1.82, 2.24) is 10.2 Å². The van der Waals surface area contributed by atoms with Gasteiger partial charge in [0.1, 0.15) is 5.84 Å². The summed E-state index contributed by atoms with van der Waals surface area (Å²) in [6.45, 7) is 5.53. The van der Waals surface area contributed by atoms with E-state index < -0.39 is 0 Å². The van der Waals surface area contributed by atoms with Crippen LogP contribution in [0.4, 0.5) is 4.79 Å². The first kappa shape index (κ1) is 13.8. The van der Waals surface area contributed by atoms with Gasteiger partial charge in [0.25, 0.3) is 0 Å². The van der Waals surface area contributed by atoms with Crippen molar-refractivity contribution >= 4 is 11.9 Å². The van der Waals surface area contributed by atoms with E-state index in [9.17, 15) is 4.79 Å². The monoisotopic (exact) mass is 240 g/mol. The summed E-state index contributed by atoms with van der Waals surface area (Å²) >= 11 is 0. The molecule has 1 rings (SSSR count). The first-order valence-corrected chi connectivity index (χ1v) is 6.41. The van der Waals surface area contributed by atoms with Gasteiger partial charge in [-0.05, 0) is 18.8 Å². The second-order valence-corrected chi connectivity index (χ2v) is 5.03. The van der Waals surface area contributed by atoms with Crippen LogP contribution < -0.4 is 11.1 Å². The number of hydrogen-bond donors (Lipinski definition) is 3. The smallest absolute Gasteiger partial charge is 0.317 e. The molecule has 1 saturated heterocycles. The molecular weight excluding hydrogens is 216 g/mol. The van der Waals surface area contributed by atoms with E-state index in [1.807, 2.05) is 18.7 Å². The Morgan fingerprint density at radius 3 is 2.18 bits per heavy atom. The Morgan fingerprint density at radius 2 is 1.76 bits per heavy atom. The summed E-state index contributed by atoms with van der Waals surface area (Å²) in [7, 11) is 0. The molecule has 1 unspecified atom stereocenters. The van der Waals surface area contributed by atoms with E-state index in [2.05, 4.69) is 5.32 Å². The molecular formula is C12H24N4O. The molecule has 1 atom stereocenters. The predicted molar refractivity (Wildman–Crippen MR) is 69.1 cm³/mol. The first-order valence-electron chi connectivity index (χ1n) is 6.41. The third kappa shape index (κ3) is 4.24. The fourth-order valence-corrected chi connectivity index (χ4v) is 2.10. The van der Waals surface area contributed by atoms with Gasteiger partial charge in [0.15, 0.2) is 0 Å². The van der Waals surface area contributed by atoms with Crippen LogP contribution in [-0.4, -0.2) is 35.9 Å². The van der Waals surface area contributed by atoms with Crippen LogP contribution in [0, 0.1) is 11.3 Å². The number of amides is 2. The van der Waals surface area contributed by atoms with Crippen LogP contribution in [0.5, 0.6) is 0 Å². The molecule has 5 nitrogen and oxygen atoms in total. The van der Waals surface area contributed by atoms with Crippen molar-refractivity contribution in [2.24, 2.45) is 11.7 Å². The summed E-state index contributed by atoms with van der Waals surface area (Å²) in [5.74, 6) is 0.173. The summed E-state index contributed by atoms with van der Waals surface area (Å²) in [4.78, 5) is 13.9. The maximum atomic E-state index is 12.0. The van der Waals surface area contributed by atoms with Gasteiger partial charge in [-0.25, -0.2) is 4.79 Å². The second-order valence-electron chi connectivity index (χ2n) is 5.03. The van der Waals surface area contributed by atoms with E-state index in [0.717, 1.165) is 25.9 Å². The Labute approximate surface area is 103 Å². The van der Waals surface area contributed by atoms with Crippen LogP contribution in [0.25, 0.3) is 0 Å². The minimum atomic E-state index is -0.356. The number of carbonyl (C=O) groups excluding carboxylic acids is 1. The molecule has 0 bridgehead atoms. The average molecular weight is 240 g/mol. The Hall–Kier alpha value is -1.26. The normalized spacial score (nSPS) is 18.6. The van der Waals surface area contributed by atoms with Crippen molar-refractivity contribution in [2.45, 2.75) is 45.6 Å². The number of likely N-dealkylation sites (tertiary alicyclic amines) is 1.